The number of ether oxygens (including phenoxy) is 2. The maximum absolute atomic E-state index is 12.8. The fourth-order valence-electron chi connectivity index (χ4n) is 2.73. The number of carbonyl (C=O) groups excluding carboxylic acids is 2. The third kappa shape index (κ3) is 2.11. The fraction of sp³-hybridized carbons (Fsp3) is 0.375. The van der Waals surface area contributed by atoms with Crippen LogP contribution in [0.1, 0.15) is 29.6 Å². The molecule has 0 aliphatic heterocycles. The SMILES string of the molecule is C=C1CCC[C@]1(C(=O)OC)C(=O)c1ccc(OC)cc1. The first kappa shape index (κ1) is 14.3. The lowest BCUT2D eigenvalue weighted by atomic mass is 9.76. The van der Waals surface area contributed by atoms with Gasteiger partial charge in [-0.15, -0.1) is 0 Å². The molecule has 1 aromatic carbocycles. The highest BCUT2D eigenvalue weighted by atomic mass is 16.5. The summed E-state index contributed by atoms with van der Waals surface area (Å²) in [6.07, 6.45) is 1.91. The summed E-state index contributed by atoms with van der Waals surface area (Å²) in [6, 6.07) is 6.74. The van der Waals surface area contributed by atoms with Gasteiger partial charge in [0.15, 0.2) is 11.2 Å². The number of benzene rings is 1. The normalized spacial score (nSPS) is 21.6. The van der Waals surface area contributed by atoms with Crippen molar-refractivity contribution in [1.82, 2.24) is 0 Å². The molecular weight excluding hydrogens is 256 g/mol. The largest absolute Gasteiger partial charge is 0.497 e. The van der Waals surface area contributed by atoms with Gasteiger partial charge in [-0.3, -0.25) is 9.59 Å². The summed E-state index contributed by atoms with van der Waals surface area (Å²) in [5.41, 5.74) is -0.104. The molecule has 0 N–H and O–H groups in total. The first-order valence-electron chi connectivity index (χ1n) is 6.52. The van der Waals surface area contributed by atoms with Crippen LogP contribution in [0.25, 0.3) is 0 Å². The summed E-state index contributed by atoms with van der Waals surface area (Å²) in [6.45, 7) is 3.91. The van der Waals surface area contributed by atoms with Crippen LogP contribution in [0, 0.1) is 5.41 Å². The molecule has 1 aromatic rings. The number of esters is 1. The number of ketones is 1. The van der Waals surface area contributed by atoms with E-state index in [9.17, 15) is 9.59 Å². The quantitative estimate of drug-likeness (QED) is 0.366. The summed E-state index contributed by atoms with van der Waals surface area (Å²) in [5, 5.41) is 0. The molecular formula is C16H18O4. The van der Waals surface area contributed by atoms with E-state index in [2.05, 4.69) is 6.58 Å². The minimum Gasteiger partial charge on any atom is -0.497 e. The van der Waals surface area contributed by atoms with Gasteiger partial charge in [0.25, 0.3) is 0 Å². The lowest BCUT2D eigenvalue weighted by Gasteiger charge is -2.26. The highest BCUT2D eigenvalue weighted by Gasteiger charge is 2.51. The molecule has 0 heterocycles. The highest BCUT2D eigenvalue weighted by molar-refractivity contribution is 6.15. The van der Waals surface area contributed by atoms with Crippen LogP contribution < -0.4 is 4.74 Å². The predicted octanol–water partition coefficient (Wildman–Crippen LogP) is 2.78. The zero-order valence-corrected chi connectivity index (χ0v) is 11.8. The molecule has 0 amide bonds. The summed E-state index contributed by atoms with van der Waals surface area (Å²) in [5.74, 6) is -0.0887. The third-order valence-electron chi connectivity index (χ3n) is 3.91. The fourth-order valence-corrected chi connectivity index (χ4v) is 2.73. The van der Waals surface area contributed by atoms with Gasteiger partial charge in [0.05, 0.1) is 14.2 Å². The second-order valence-corrected chi connectivity index (χ2v) is 4.91. The van der Waals surface area contributed by atoms with E-state index in [-0.39, 0.29) is 5.78 Å². The van der Waals surface area contributed by atoms with E-state index >= 15 is 0 Å². The van der Waals surface area contributed by atoms with Crippen LogP contribution in [0.15, 0.2) is 36.4 Å². The van der Waals surface area contributed by atoms with E-state index in [0.29, 0.717) is 29.7 Å². The average molecular weight is 274 g/mol. The monoisotopic (exact) mass is 274 g/mol. The van der Waals surface area contributed by atoms with Gasteiger partial charge < -0.3 is 9.47 Å². The summed E-state index contributed by atoms with van der Waals surface area (Å²) in [7, 11) is 2.86. The maximum atomic E-state index is 12.8. The molecule has 4 heteroatoms. The van der Waals surface area contributed by atoms with E-state index in [4.69, 9.17) is 9.47 Å². The Hall–Kier alpha value is -2.10. The van der Waals surface area contributed by atoms with Crippen LogP contribution in [0.3, 0.4) is 0 Å². The second kappa shape index (κ2) is 5.49. The maximum Gasteiger partial charge on any atom is 0.323 e. The Bertz CT molecular complexity index is 544. The summed E-state index contributed by atoms with van der Waals surface area (Å²) < 4.78 is 9.92. The van der Waals surface area contributed by atoms with E-state index in [0.717, 1.165) is 6.42 Å². The minimum atomic E-state index is -1.22. The highest BCUT2D eigenvalue weighted by Crippen LogP contribution is 2.45. The van der Waals surface area contributed by atoms with Gasteiger partial charge in [-0.25, -0.2) is 0 Å². The molecule has 0 saturated heterocycles. The number of rotatable bonds is 4. The Morgan fingerprint density at radius 2 is 1.85 bits per heavy atom. The van der Waals surface area contributed by atoms with Gasteiger partial charge in [0.1, 0.15) is 5.75 Å². The zero-order valence-electron chi connectivity index (χ0n) is 11.8. The minimum absolute atomic E-state index is 0.241. The molecule has 0 aromatic heterocycles. The topological polar surface area (TPSA) is 52.6 Å². The number of hydrogen-bond donors (Lipinski definition) is 0. The van der Waals surface area contributed by atoms with Gasteiger partial charge in [0, 0.05) is 5.56 Å². The van der Waals surface area contributed by atoms with Crippen molar-refractivity contribution in [3.63, 3.8) is 0 Å². The molecule has 1 atom stereocenters. The van der Waals surface area contributed by atoms with Gasteiger partial charge in [-0.2, -0.15) is 0 Å². The summed E-state index contributed by atoms with van der Waals surface area (Å²) >= 11 is 0. The Labute approximate surface area is 118 Å². The molecule has 0 unspecified atom stereocenters. The molecule has 1 saturated carbocycles. The zero-order chi connectivity index (χ0) is 14.8. The number of methoxy groups -OCH3 is 2. The molecule has 0 bridgehead atoms. The van der Waals surface area contributed by atoms with Crippen LogP contribution in [0.4, 0.5) is 0 Å². The molecule has 2 rings (SSSR count). The first-order chi connectivity index (χ1) is 9.56. The Kier molecular flexibility index (Phi) is 3.93. The molecule has 20 heavy (non-hydrogen) atoms. The molecule has 1 fully saturated rings. The third-order valence-corrected chi connectivity index (χ3v) is 3.91. The van der Waals surface area contributed by atoms with Crippen molar-refractivity contribution >= 4 is 11.8 Å². The summed E-state index contributed by atoms with van der Waals surface area (Å²) in [4.78, 5) is 24.9. The number of hydrogen-bond acceptors (Lipinski definition) is 4. The Balaban J connectivity index is 2.41. The van der Waals surface area contributed by atoms with Crippen molar-refractivity contribution in [1.29, 1.82) is 0 Å². The number of carbonyl (C=O) groups is 2. The van der Waals surface area contributed by atoms with E-state index < -0.39 is 11.4 Å². The second-order valence-electron chi connectivity index (χ2n) is 4.91. The van der Waals surface area contributed by atoms with E-state index in [1.165, 1.54) is 7.11 Å². The van der Waals surface area contributed by atoms with Gasteiger partial charge in [0.2, 0.25) is 0 Å². The molecule has 106 valence electrons. The predicted molar refractivity (Wildman–Crippen MR) is 74.8 cm³/mol. The molecule has 1 aliphatic carbocycles. The van der Waals surface area contributed by atoms with Crippen molar-refractivity contribution in [2.24, 2.45) is 5.41 Å². The van der Waals surface area contributed by atoms with Gasteiger partial charge >= 0.3 is 5.97 Å². The Morgan fingerprint density at radius 3 is 2.30 bits per heavy atom. The first-order valence-corrected chi connectivity index (χ1v) is 6.52. The van der Waals surface area contributed by atoms with Crippen LogP contribution >= 0.6 is 0 Å². The molecule has 1 aliphatic rings. The lowest BCUT2D eigenvalue weighted by molar-refractivity contribution is -0.147. The van der Waals surface area contributed by atoms with Crippen LogP contribution in [-0.4, -0.2) is 26.0 Å². The van der Waals surface area contributed by atoms with Crippen LogP contribution in [0.2, 0.25) is 0 Å². The van der Waals surface area contributed by atoms with E-state index in [1.807, 2.05) is 0 Å². The lowest BCUT2D eigenvalue weighted by Crippen LogP contribution is -2.39. The van der Waals surface area contributed by atoms with Crippen molar-refractivity contribution in [2.75, 3.05) is 14.2 Å². The number of Topliss-reactive ketones (excluding diaryl/α,β-unsaturated/α-hetero) is 1. The van der Waals surface area contributed by atoms with Crippen LogP contribution in [-0.2, 0) is 9.53 Å². The smallest absolute Gasteiger partial charge is 0.323 e. The average Bonchev–Trinajstić information content (AvgIpc) is 2.88. The van der Waals surface area contributed by atoms with Gasteiger partial charge in [-0.1, -0.05) is 12.2 Å². The van der Waals surface area contributed by atoms with Crippen LogP contribution in [0.5, 0.6) is 5.75 Å². The molecule has 0 spiro atoms. The Morgan fingerprint density at radius 1 is 1.20 bits per heavy atom. The van der Waals surface area contributed by atoms with Crippen molar-refractivity contribution < 1.29 is 19.1 Å². The van der Waals surface area contributed by atoms with E-state index in [1.54, 1.807) is 31.4 Å². The van der Waals surface area contributed by atoms with Crippen molar-refractivity contribution in [3.8, 4) is 5.75 Å². The molecule has 4 nitrogen and oxygen atoms in total. The van der Waals surface area contributed by atoms with Crippen molar-refractivity contribution in [2.45, 2.75) is 19.3 Å². The van der Waals surface area contributed by atoms with Gasteiger partial charge in [-0.05, 0) is 43.5 Å². The molecule has 0 radical (unpaired) electrons. The van der Waals surface area contributed by atoms with Crippen molar-refractivity contribution in [3.05, 3.63) is 42.0 Å². The standard InChI is InChI=1S/C16H18O4/c1-11-5-4-10-16(11,15(18)20-3)14(17)12-6-8-13(19-2)9-7-12/h6-9H,1,4-5,10H2,2-3H3/t16-/m1/s1.